The molecule has 0 radical (unpaired) electrons. The average Bonchev–Trinajstić information content (AvgIpc) is 3.46. The number of carbonyl (C=O) groups is 2. The van der Waals surface area contributed by atoms with E-state index in [1.807, 2.05) is 0 Å². The zero-order chi connectivity index (χ0) is 27.5. The summed E-state index contributed by atoms with van der Waals surface area (Å²) in [5, 5.41) is 14.9. The largest absolute Gasteiger partial charge is 0.444 e. The molecule has 38 heavy (non-hydrogen) atoms. The lowest BCUT2D eigenvalue weighted by molar-refractivity contribution is 0.0636. The third-order valence-electron chi connectivity index (χ3n) is 6.01. The Morgan fingerprint density at radius 1 is 1.18 bits per heavy atom. The Morgan fingerprint density at radius 2 is 1.87 bits per heavy atom. The van der Waals surface area contributed by atoms with Gasteiger partial charge >= 0.3 is 6.09 Å². The van der Waals surface area contributed by atoms with Crippen LogP contribution in [0.2, 0.25) is 5.02 Å². The molecule has 2 amide bonds. The van der Waals surface area contributed by atoms with Gasteiger partial charge in [-0.2, -0.15) is 4.52 Å². The van der Waals surface area contributed by atoms with Gasteiger partial charge in [-0.1, -0.05) is 23.7 Å². The first kappa shape index (κ1) is 25.6. The lowest BCUT2D eigenvalue weighted by atomic mass is 10.0. The third-order valence-corrected chi connectivity index (χ3v) is 6.26. The minimum absolute atomic E-state index is 0.112. The van der Waals surface area contributed by atoms with Crippen LogP contribution >= 0.6 is 11.6 Å². The number of benzene rings is 1. The molecule has 1 aliphatic heterocycles. The van der Waals surface area contributed by atoms with Crippen LogP contribution in [0, 0.1) is 6.92 Å². The first-order valence-corrected chi connectivity index (χ1v) is 12.0. The zero-order valence-corrected chi connectivity index (χ0v) is 21.9. The Kier molecular flexibility index (Phi) is 6.09. The number of carbonyl (C=O) groups excluding carboxylic acids is 2. The maximum Gasteiger partial charge on any atom is 0.412 e. The molecule has 4 heterocycles. The molecule has 0 saturated heterocycles. The number of nitrogens with zero attached hydrogens (tertiary/aromatic N) is 6. The molecule has 1 aromatic carbocycles. The Morgan fingerprint density at radius 3 is 2.50 bits per heavy atom. The summed E-state index contributed by atoms with van der Waals surface area (Å²) in [6, 6.07) is 7.81. The SMILES string of the molecule is Cc1cc(N2C(=O)c3c(NC(=O)OC(C)(C)C)cn(C)c3C2c2ccc(Cl)cc2)nn2c(C(F)F)nnc12. The van der Waals surface area contributed by atoms with Crippen molar-refractivity contribution in [3.63, 3.8) is 0 Å². The van der Waals surface area contributed by atoms with Crippen LogP contribution < -0.4 is 10.2 Å². The monoisotopic (exact) mass is 543 g/mol. The predicted octanol–water partition coefficient (Wildman–Crippen LogP) is 5.46. The first-order valence-electron chi connectivity index (χ1n) is 11.6. The smallest absolute Gasteiger partial charge is 0.412 e. The number of hydrogen-bond acceptors (Lipinski definition) is 6. The van der Waals surface area contributed by atoms with Gasteiger partial charge in [0.2, 0.25) is 5.82 Å². The normalized spacial score (nSPS) is 15.4. The number of anilines is 2. The highest BCUT2D eigenvalue weighted by Crippen LogP contribution is 2.45. The molecule has 198 valence electrons. The van der Waals surface area contributed by atoms with Gasteiger partial charge in [-0.15, -0.1) is 15.3 Å². The van der Waals surface area contributed by atoms with Crippen molar-refractivity contribution in [1.29, 1.82) is 0 Å². The van der Waals surface area contributed by atoms with E-state index in [0.717, 1.165) is 4.52 Å². The number of ether oxygens (including phenoxy) is 1. The summed E-state index contributed by atoms with van der Waals surface area (Å²) < 4.78 is 35.3. The molecule has 0 aliphatic carbocycles. The van der Waals surface area contributed by atoms with E-state index in [4.69, 9.17) is 16.3 Å². The van der Waals surface area contributed by atoms with Crippen LogP contribution in [0.1, 0.15) is 66.2 Å². The molecule has 0 fully saturated rings. The quantitative estimate of drug-likeness (QED) is 0.366. The summed E-state index contributed by atoms with van der Waals surface area (Å²) in [6.07, 6.45) is -2.01. The van der Waals surface area contributed by atoms with Crippen LogP contribution in [0.15, 0.2) is 36.5 Å². The van der Waals surface area contributed by atoms with Gasteiger partial charge in [0.25, 0.3) is 12.3 Å². The highest BCUT2D eigenvalue weighted by atomic mass is 35.5. The predicted molar refractivity (Wildman–Crippen MR) is 136 cm³/mol. The number of hydrogen-bond donors (Lipinski definition) is 1. The van der Waals surface area contributed by atoms with Crippen molar-refractivity contribution in [3.05, 3.63) is 69.8 Å². The lowest BCUT2D eigenvalue weighted by Crippen LogP contribution is -2.31. The van der Waals surface area contributed by atoms with Crippen molar-refractivity contribution < 1.29 is 23.1 Å². The number of rotatable bonds is 4. The van der Waals surface area contributed by atoms with Crippen LogP contribution in [-0.2, 0) is 11.8 Å². The van der Waals surface area contributed by atoms with Gasteiger partial charge in [-0.3, -0.25) is 15.0 Å². The zero-order valence-electron chi connectivity index (χ0n) is 21.2. The minimum Gasteiger partial charge on any atom is -0.444 e. The fraction of sp³-hybridized carbons (Fsp3) is 0.320. The molecule has 5 rings (SSSR count). The van der Waals surface area contributed by atoms with Gasteiger partial charge in [0.15, 0.2) is 11.5 Å². The number of aromatic nitrogens is 5. The van der Waals surface area contributed by atoms with E-state index in [1.165, 1.54) is 4.90 Å². The van der Waals surface area contributed by atoms with Crippen molar-refractivity contribution in [2.75, 3.05) is 10.2 Å². The van der Waals surface area contributed by atoms with Crippen LogP contribution in [0.4, 0.5) is 25.1 Å². The molecular weight excluding hydrogens is 520 g/mol. The molecule has 0 saturated carbocycles. The second kappa shape index (κ2) is 9.05. The second-order valence-corrected chi connectivity index (χ2v) is 10.4. The lowest BCUT2D eigenvalue weighted by Gasteiger charge is -2.26. The highest BCUT2D eigenvalue weighted by Gasteiger charge is 2.44. The van der Waals surface area contributed by atoms with E-state index in [9.17, 15) is 18.4 Å². The van der Waals surface area contributed by atoms with E-state index in [0.29, 0.717) is 21.8 Å². The summed E-state index contributed by atoms with van der Waals surface area (Å²) in [6.45, 7) is 6.86. The number of amides is 2. The number of nitrogens with one attached hydrogen (secondary N) is 1. The highest BCUT2D eigenvalue weighted by molar-refractivity contribution is 6.30. The van der Waals surface area contributed by atoms with Gasteiger partial charge in [-0.25, -0.2) is 13.6 Å². The van der Waals surface area contributed by atoms with E-state index in [2.05, 4.69) is 20.6 Å². The molecule has 1 unspecified atom stereocenters. The molecule has 0 spiro atoms. The van der Waals surface area contributed by atoms with E-state index < -0.39 is 35.9 Å². The summed E-state index contributed by atoms with van der Waals surface area (Å²) in [5.41, 5.74) is 1.66. The summed E-state index contributed by atoms with van der Waals surface area (Å²) in [7, 11) is 1.75. The molecule has 13 heteroatoms. The minimum atomic E-state index is -2.92. The first-order chi connectivity index (χ1) is 17.9. The molecule has 3 aromatic heterocycles. The molecule has 1 N–H and O–H groups in total. The van der Waals surface area contributed by atoms with Gasteiger partial charge in [0.05, 0.1) is 16.9 Å². The van der Waals surface area contributed by atoms with Crippen molar-refractivity contribution >= 4 is 40.8 Å². The van der Waals surface area contributed by atoms with Gasteiger partial charge in [0, 0.05) is 18.3 Å². The third kappa shape index (κ3) is 4.34. The fourth-order valence-electron chi connectivity index (χ4n) is 4.53. The van der Waals surface area contributed by atoms with Crippen molar-refractivity contribution in [3.8, 4) is 0 Å². The standard InChI is InChI=1S/C25H24ClF2N7O3/c1-12-10-16(32-35-21(12)30-31-22(35)20(27)28)34-18(13-6-8-14(26)9-7-13)19-17(23(34)36)15(11-33(19)5)29-24(37)38-25(2,3)4/h6-11,18,20H,1-5H3,(H,29,37). The maximum absolute atomic E-state index is 14.0. The maximum atomic E-state index is 14.0. The number of halogens is 3. The van der Waals surface area contributed by atoms with Crippen LogP contribution in [0.25, 0.3) is 5.65 Å². The summed E-state index contributed by atoms with van der Waals surface area (Å²) in [4.78, 5) is 28.0. The fourth-order valence-corrected chi connectivity index (χ4v) is 4.66. The summed E-state index contributed by atoms with van der Waals surface area (Å²) >= 11 is 6.12. The van der Waals surface area contributed by atoms with Crippen LogP contribution in [0.3, 0.4) is 0 Å². The molecule has 1 aliphatic rings. The summed E-state index contributed by atoms with van der Waals surface area (Å²) in [5.74, 6) is -1.00. The van der Waals surface area contributed by atoms with Crippen molar-refractivity contribution in [2.45, 2.75) is 45.8 Å². The Balaban J connectivity index is 1.68. The molecular formula is C25H24ClF2N7O3. The second-order valence-electron chi connectivity index (χ2n) is 9.95. The Labute approximate surface area is 221 Å². The molecule has 0 bridgehead atoms. The molecule has 1 atom stereocenters. The van der Waals surface area contributed by atoms with E-state index in [1.54, 1.807) is 75.8 Å². The van der Waals surface area contributed by atoms with Crippen LogP contribution in [-0.4, -0.2) is 42.0 Å². The topological polar surface area (TPSA) is 107 Å². The van der Waals surface area contributed by atoms with Crippen LogP contribution in [0.5, 0.6) is 0 Å². The van der Waals surface area contributed by atoms with E-state index in [-0.39, 0.29) is 22.7 Å². The molecule has 10 nitrogen and oxygen atoms in total. The molecule has 4 aromatic rings. The average molecular weight is 544 g/mol. The number of fused-ring (bicyclic) bond motifs is 2. The Hall–Kier alpha value is -4.06. The number of alkyl halides is 2. The van der Waals surface area contributed by atoms with Crippen molar-refractivity contribution in [1.82, 2.24) is 24.4 Å². The number of aryl methyl sites for hydroxylation is 2. The van der Waals surface area contributed by atoms with E-state index >= 15 is 0 Å². The van der Waals surface area contributed by atoms with Gasteiger partial charge in [0.1, 0.15) is 11.6 Å². The Bertz CT molecular complexity index is 1570. The van der Waals surface area contributed by atoms with Gasteiger partial charge < -0.3 is 9.30 Å². The van der Waals surface area contributed by atoms with Gasteiger partial charge in [-0.05, 0) is 57.0 Å². The van der Waals surface area contributed by atoms with Crippen molar-refractivity contribution in [2.24, 2.45) is 7.05 Å².